The van der Waals surface area contributed by atoms with Gasteiger partial charge >= 0.3 is 12.1 Å². The molecule has 0 unspecified atom stereocenters. The Hall–Kier alpha value is -2.13. The maximum atomic E-state index is 12.8. The molecule has 0 saturated carbocycles. The molecule has 24 heavy (non-hydrogen) atoms. The molecular formula is C14H12ClF3N4O2. The Morgan fingerprint density at radius 1 is 1.29 bits per heavy atom. The van der Waals surface area contributed by atoms with Gasteiger partial charge in [-0.1, -0.05) is 17.7 Å². The fourth-order valence-corrected chi connectivity index (χ4v) is 2.92. The number of hydrogen-bond acceptors (Lipinski definition) is 4. The molecule has 0 aliphatic carbocycles. The van der Waals surface area contributed by atoms with Crippen LogP contribution in [0.2, 0.25) is 5.02 Å². The molecule has 0 saturated heterocycles. The fraction of sp³-hybridized carbons (Fsp3) is 0.357. The summed E-state index contributed by atoms with van der Waals surface area (Å²) in [6.45, 7) is 1.18. The van der Waals surface area contributed by atoms with Crippen molar-refractivity contribution in [3.05, 3.63) is 46.0 Å². The van der Waals surface area contributed by atoms with Gasteiger partial charge in [-0.2, -0.15) is 13.2 Å². The molecule has 0 amide bonds. The van der Waals surface area contributed by atoms with Crippen molar-refractivity contribution in [1.29, 1.82) is 0 Å². The zero-order valence-corrected chi connectivity index (χ0v) is 13.0. The zero-order valence-electron chi connectivity index (χ0n) is 12.2. The van der Waals surface area contributed by atoms with Gasteiger partial charge in [-0.25, -0.2) is 4.79 Å². The molecule has 0 fully saturated rings. The minimum absolute atomic E-state index is 0.00798. The van der Waals surface area contributed by atoms with Crippen molar-refractivity contribution in [3.8, 4) is 0 Å². The maximum Gasteiger partial charge on any atom is 0.451 e. The summed E-state index contributed by atoms with van der Waals surface area (Å²) in [6, 6.07) is 4.59. The van der Waals surface area contributed by atoms with Crippen molar-refractivity contribution in [1.82, 2.24) is 19.7 Å². The Labute approximate surface area is 139 Å². The lowest BCUT2D eigenvalue weighted by Gasteiger charge is -2.28. The number of nitrogens with zero attached hydrogens (tertiary/aromatic N) is 4. The molecule has 0 atom stereocenters. The molecule has 3 rings (SSSR count). The second-order valence-electron chi connectivity index (χ2n) is 5.42. The summed E-state index contributed by atoms with van der Waals surface area (Å²) >= 11 is 5.93. The highest BCUT2D eigenvalue weighted by Crippen LogP contribution is 2.29. The van der Waals surface area contributed by atoms with Crippen LogP contribution in [-0.2, 0) is 25.8 Å². The van der Waals surface area contributed by atoms with Gasteiger partial charge in [-0.3, -0.25) is 4.90 Å². The molecule has 0 bridgehead atoms. The Morgan fingerprint density at radius 3 is 2.67 bits per heavy atom. The lowest BCUT2D eigenvalue weighted by molar-refractivity contribution is -0.148. The summed E-state index contributed by atoms with van der Waals surface area (Å²) in [5.74, 6) is -1.84. The van der Waals surface area contributed by atoms with Crippen LogP contribution in [0, 0.1) is 0 Å². The topological polar surface area (TPSA) is 71.2 Å². The molecular weight excluding hydrogens is 349 g/mol. The standard InChI is InChI=1S/C14H12ClF3N4O2/c15-10-5-8(1-2-9(10)12(23)24)6-21-3-4-22-11(7-21)19-20-13(22)14(16,17)18/h1-2,5H,3-4,6-7H2,(H,23,24). The first-order valence-electron chi connectivity index (χ1n) is 6.99. The first-order valence-corrected chi connectivity index (χ1v) is 7.37. The number of hydrogen-bond donors (Lipinski definition) is 1. The average Bonchev–Trinajstić information content (AvgIpc) is 2.90. The minimum atomic E-state index is -4.52. The van der Waals surface area contributed by atoms with E-state index in [0.717, 1.165) is 10.1 Å². The van der Waals surface area contributed by atoms with E-state index < -0.39 is 18.0 Å². The van der Waals surface area contributed by atoms with Crippen molar-refractivity contribution in [3.63, 3.8) is 0 Å². The smallest absolute Gasteiger partial charge is 0.451 e. The number of aromatic carboxylic acids is 1. The van der Waals surface area contributed by atoms with Crippen LogP contribution in [-0.4, -0.2) is 37.3 Å². The van der Waals surface area contributed by atoms with Crippen molar-refractivity contribution in [2.45, 2.75) is 25.8 Å². The maximum absolute atomic E-state index is 12.8. The van der Waals surface area contributed by atoms with Crippen LogP contribution >= 0.6 is 11.6 Å². The molecule has 128 valence electrons. The molecule has 0 radical (unpaired) electrons. The molecule has 0 spiro atoms. The predicted molar refractivity (Wildman–Crippen MR) is 77.5 cm³/mol. The van der Waals surface area contributed by atoms with Gasteiger partial charge < -0.3 is 9.67 Å². The van der Waals surface area contributed by atoms with Gasteiger partial charge in [-0.15, -0.1) is 10.2 Å². The van der Waals surface area contributed by atoms with Gasteiger partial charge in [-0.05, 0) is 17.7 Å². The molecule has 1 aliphatic heterocycles. The van der Waals surface area contributed by atoms with E-state index in [1.807, 2.05) is 4.90 Å². The fourth-order valence-electron chi connectivity index (χ4n) is 2.64. The Bertz CT molecular complexity index is 791. The van der Waals surface area contributed by atoms with E-state index in [2.05, 4.69) is 10.2 Å². The number of halogens is 4. The third kappa shape index (κ3) is 3.22. The van der Waals surface area contributed by atoms with Gasteiger partial charge in [0.25, 0.3) is 0 Å². The van der Waals surface area contributed by atoms with Crippen LogP contribution in [0.5, 0.6) is 0 Å². The largest absolute Gasteiger partial charge is 0.478 e. The van der Waals surface area contributed by atoms with E-state index in [9.17, 15) is 18.0 Å². The summed E-state index contributed by atoms with van der Waals surface area (Å²) < 4.78 is 39.5. The van der Waals surface area contributed by atoms with Crippen LogP contribution in [0.15, 0.2) is 18.2 Å². The van der Waals surface area contributed by atoms with Gasteiger partial charge in [0.05, 0.1) is 17.1 Å². The number of benzene rings is 1. The number of aromatic nitrogens is 3. The van der Waals surface area contributed by atoms with Crippen LogP contribution in [0.3, 0.4) is 0 Å². The number of fused-ring (bicyclic) bond motifs is 1. The summed E-state index contributed by atoms with van der Waals surface area (Å²) in [7, 11) is 0. The number of carbonyl (C=O) groups is 1. The normalized spacial score (nSPS) is 15.3. The minimum Gasteiger partial charge on any atom is -0.478 e. The summed E-state index contributed by atoms with van der Waals surface area (Å²) in [5, 5.41) is 15.9. The van der Waals surface area contributed by atoms with Gasteiger partial charge in [0.2, 0.25) is 5.82 Å². The molecule has 1 N–H and O–H groups in total. The molecule has 6 nitrogen and oxygen atoms in total. The van der Waals surface area contributed by atoms with Crippen molar-refractivity contribution >= 4 is 17.6 Å². The lowest BCUT2D eigenvalue weighted by Crippen LogP contribution is -2.34. The molecule has 1 aliphatic rings. The Morgan fingerprint density at radius 2 is 2.04 bits per heavy atom. The van der Waals surface area contributed by atoms with Crippen LogP contribution < -0.4 is 0 Å². The lowest BCUT2D eigenvalue weighted by atomic mass is 10.1. The Balaban J connectivity index is 1.74. The average molecular weight is 361 g/mol. The van der Waals surface area contributed by atoms with Crippen molar-refractivity contribution in [2.75, 3.05) is 6.54 Å². The highest BCUT2D eigenvalue weighted by Gasteiger charge is 2.39. The number of carboxylic acid groups (broad SMARTS) is 1. The number of carboxylic acids is 1. The SMILES string of the molecule is O=C(O)c1ccc(CN2CCn3c(nnc3C(F)(F)F)C2)cc1Cl. The van der Waals surface area contributed by atoms with E-state index in [-0.39, 0.29) is 29.5 Å². The van der Waals surface area contributed by atoms with Crippen LogP contribution in [0.25, 0.3) is 0 Å². The first-order chi connectivity index (χ1) is 11.3. The summed E-state index contributed by atoms with van der Waals surface area (Å²) in [6.07, 6.45) is -4.52. The van der Waals surface area contributed by atoms with E-state index in [0.29, 0.717) is 13.1 Å². The first kappa shape index (κ1) is 16.7. The molecule has 1 aromatic carbocycles. The van der Waals surface area contributed by atoms with E-state index in [1.54, 1.807) is 12.1 Å². The van der Waals surface area contributed by atoms with E-state index >= 15 is 0 Å². The zero-order chi connectivity index (χ0) is 17.5. The van der Waals surface area contributed by atoms with E-state index in [1.165, 1.54) is 6.07 Å². The molecule has 1 aromatic heterocycles. The van der Waals surface area contributed by atoms with E-state index in [4.69, 9.17) is 16.7 Å². The van der Waals surface area contributed by atoms with Gasteiger partial charge in [0.1, 0.15) is 5.82 Å². The van der Waals surface area contributed by atoms with Crippen LogP contribution in [0.1, 0.15) is 27.6 Å². The van der Waals surface area contributed by atoms with Gasteiger partial charge in [0, 0.05) is 19.6 Å². The van der Waals surface area contributed by atoms with Crippen LogP contribution in [0.4, 0.5) is 13.2 Å². The van der Waals surface area contributed by atoms with Crippen molar-refractivity contribution in [2.24, 2.45) is 0 Å². The highest BCUT2D eigenvalue weighted by molar-refractivity contribution is 6.33. The quantitative estimate of drug-likeness (QED) is 0.911. The highest BCUT2D eigenvalue weighted by atomic mass is 35.5. The monoisotopic (exact) mass is 360 g/mol. The number of rotatable bonds is 3. The Kier molecular flexibility index (Phi) is 4.22. The molecule has 10 heteroatoms. The summed E-state index contributed by atoms with van der Waals surface area (Å²) in [5.41, 5.74) is 0.780. The van der Waals surface area contributed by atoms with Crippen molar-refractivity contribution < 1.29 is 23.1 Å². The third-order valence-corrected chi connectivity index (χ3v) is 4.07. The molecule has 2 aromatic rings. The third-order valence-electron chi connectivity index (χ3n) is 3.76. The summed E-state index contributed by atoms with van der Waals surface area (Å²) in [4.78, 5) is 12.8. The molecule has 2 heterocycles. The van der Waals surface area contributed by atoms with Gasteiger partial charge in [0.15, 0.2) is 0 Å². The predicted octanol–water partition coefficient (Wildman–Crippen LogP) is 2.66. The number of alkyl halides is 3. The second-order valence-corrected chi connectivity index (χ2v) is 5.83. The second kappa shape index (κ2) is 6.06.